The molecule has 258 valence electrons. The van der Waals surface area contributed by atoms with Crippen molar-refractivity contribution in [2.75, 3.05) is 25.4 Å². The fourth-order valence-corrected chi connectivity index (χ4v) is 7.54. The van der Waals surface area contributed by atoms with Crippen LogP contribution in [0.25, 0.3) is 0 Å². The molecule has 1 aliphatic heterocycles. The lowest BCUT2D eigenvalue weighted by molar-refractivity contribution is -0.129. The lowest BCUT2D eigenvalue weighted by Crippen LogP contribution is -2.57. The maximum Gasteiger partial charge on any atom is 0.328 e. The summed E-state index contributed by atoms with van der Waals surface area (Å²) in [4.78, 5) is 42.9. The molecule has 3 aromatic carbocycles. The van der Waals surface area contributed by atoms with Crippen molar-refractivity contribution < 1.29 is 27.9 Å². The van der Waals surface area contributed by atoms with Crippen molar-refractivity contribution in [2.45, 2.75) is 63.7 Å². The van der Waals surface area contributed by atoms with Crippen molar-refractivity contribution in [1.29, 1.82) is 0 Å². The largest absolute Gasteiger partial charge is 0.397 e. The third kappa shape index (κ3) is 8.93. The van der Waals surface area contributed by atoms with Gasteiger partial charge in [0.05, 0.1) is 34.3 Å². The molecule has 4 N–H and O–H groups in total. The van der Waals surface area contributed by atoms with Gasteiger partial charge in [0.15, 0.2) is 0 Å². The van der Waals surface area contributed by atoms with Gasteiger partial charge in [-0.3, -0.25) is 14.5 Å². The first kappa shape index (κ1) is 36.9. The van der Waals surface area contributed by atoms with Crippen LogP contribution in [-0.2, 0) is 32.6 Å². The zero-order valence-corrected chi connectivity index (χ0v) is 29.2. The van der Waals surface area contributed by atoms with Crippen LogP contribution in [0.2, 0.25) is 5.02 Å². The molecule has 4 amide bonds. The Labute approximate surface area is 287 Å². The minimum absolute atomic E-state index is 0.0713. The molecule has 0 saturated carbocycles. The number of nitrogen functional groups attached to an aromatic ring is 1. The zero-order valence-electron chi connectivity index (χ0n) is 27.6. The van der Waals surface area contributed by atoms with Gasteiger partial charge < -0.3 is 21.1 Å². The Morgan fingerprint density at radius 1 is 0.958 bits per heavy atom. The summed E-state index contributed by atoms with van der Waals surface area (Å²) in [5.74, 6) is -1.46. The van der Waals surface area contributed by atoms with E-state index in [4.69, 9.17) is 17.3 Å². The minimum Gasteiger partial charge on any atom is -0.397 e. The Bertz CT molecular complexity index is 1690. The number of imide groups is 1. The quantitative estimate of drug-likeness (QED) is 0.159. The molecule has 13 heteroatoms. The summed E-state index contributed by atoms with van der Waals surface area (Å²) in [6.45, 7) is 6.84. The molecule has 1 heterocycles. The number of rotatable bonds is 15. The molecule has 0 aromatic heterocycles. The molecule has 0 aliphatic carbocycles. The number of carbonyl (C=O) groups excluding carboxylic acids is 3. The van der Waals surface area contributed by atoms with Gasteiger partial charge >= 0.3 is 6.03 Å². The number of sulfonamides is 1. The van der Waals surface area contributed by atoms with Crippen LogP contribution in [0.4, 0.5) is 10.5 Å². The number of nitrogens with two attached hydrogens (primary N) is 1. The molecule has 0 radical (unpaired) electrons. The van der Waals surface area contributed by atoms with Crippen LogP contribution in [0.15, 0.2) is 83.8 Å². The SMILES string of the molecule is CC(C)CN(C[C@@H](O)[C@H](Cc1ccccc1)NC(=O)C(C(C)C)N1CC(=O)N(Cc2ccccc2)C1=O)S(=O)(=O)c1ccc(Cl)c(N)c1. The summed E-state index contributed by atoms with van der Waals surface area (Å²) < 4.78 is 28.8. The second-order valence-electron chi connectivity index (χ2n) is 12.8. The van der Waals surface area contributed by atoms with Gasteiger partial charge in [-0.2, -0.15) is 4.31 Å². The summed E-state index contributed by atoms with van der Waals surface area (Å²) in [5, 5.41) is 14.8. The molecule has 1 saturated heterocycles. The molecule has 1 fully saturated rings. The van der Waals surface area contributed by atoms with Crippen LogP contribution in [0.3, 0.4) is 0 Å². The smallest absolute Gasteiger partial charge is 0.328 e. The predicted octanol–water partition coefficient (Wildman–Crippen LogP) is 4.15. The minimum atomic E-state index is -4.13. The lowest BCUT2D eigenvalue weighted by Gasteiger charge is -2.34. The number of urea groups is 1. The van der Waals surface area contributed by atoms with Gasteiger partial charge in [-0.1, -0.05) is 100.0 Å². The number of hydrogen-bond donors (Lipinski definition) is 3. The zero-order chi connectivity index (χ0) is 35.2. The highest BCUT2D eigenvalue weighted by Crippen LogP contribution is 2.26. The van der Waals surface area contributed by atoms with Crippen LogP contribution < -0.4 is 11.1 Å². The van der Waals surface area contributed by atoms with E-state index in [0.29, 0.717) is 0 Å². The highest BCUT2D eigenvalue weighted by Gasteiger charge is 2.44. The van der Waals surface area contributed by atoms with Crippen molar-refractivity contribution in [3.63, 3.8) is 0 Å². The van der Waals surface area contributed by atoms with Gasteiger partial charge in [-0.15, -0.1) is 0 Å². The highest BCUT2D eigenvalue weighted by atomic mass is 35.5. The summed E-state index contributed by atoms with van der Waals surface area (Å²) in [7, 11) is -4.13. The van der Waals surface area contributed by atoms with Crippen molar-refractivity contribution >= 4 is 45.2 Å². The molecule has 1 aliphatic rings. The summed E-state index contributed by atoms with van der Waals surface area (Å²) in [6, 6.07) is 19.8. The molecule has 48 heavy (non-hydrogen) atoms. The average molecular weight is 698 g/mol. The first-order chi connectivity index (χ1) is 22.7. The average Bonchev–Trinajstić information content (AvgIpc) is 3.30. The molecule has 0 bridgehead atoms. The van der Waals surface area contributed by atoms with Crippen LogP contribution in [0.5, 0.6) is 0 Å². The summed E-state index contributed by atoms with van der Waals surface area (Å²) in [5.41, 5.74) is 7.60. The molecular weight excluding hydrogens is 654 g/mol. The highest BCUT2D eigenvalue weighted by molar-refractivity contribution is 7.89. The van der Waals surface area contributed by atoms with Gasteiger partial charge in [0.2, 0.25) is 15.9 Å². The van der Waals surface area contributed by atoms with E-state index in [2.05, 4.69) is 5.32 Å². The number of aliphatic hydroxyl groups excluding tert-OH is 1. The first-order valence-electron chi connectivity index (χ1n) is 15.9. The molecule has 4 rings (SSSR count). The van der Waals surface area contributed by atoms with Crippen molar-refractivity contribution in [3.8, 4) is 0 Å². The fourth-order valence-electron chi connectivity index (χ4n) is 5.77. The van der Waals surface area contributed by atoms with Crippen LogP contribution in [0, 0.1) is 11.8 Å². The number of carbonyl (C=O) groups is 3. The topological polar surface area (TPSA) is 153 Å². The Kier molecular flexibility index (Phi) is 12.2. The summed E-state index contributed by atoms with van der Waals surface area (Å²) in [6.07, 6.45) is -1.18. The number of halogens is 1. The van der Waals surface area contributed by atoms with E-state index in [-0.39, 0.29) is 60.0 Å². The normalized spacial score (nSPS) is 15.8. The second kappa shape index (κ2) is 16.0. The van der Waals surface area contributed by atoms with E-state index in [1.807, 2.05) is 74.5 Å². The fraction of sp³-hybridized carbons (Fsp3) is 0.400. The Hall–Kier alpha value is -3.97. The number of anilines is 1. The lowest BCUT2D eigenvalue weighted by atomic mass is 9.97. The third-order valence-electron chi connectivity index (χ3n) is 8.16. The van der Waals surface area contributed by atoms with E-state index in [1.54, 1.807) is 13.8 Å². The van der Waals surface area contributed by atoms with Gasteiger partial charge in [0.25, 0.3) is 5.91 Å². The Balaban J connectivity index is 1.60. The monoisotopic (exact) mass is 697 g/mol. The van der Waals surface area contributed by atoms with Crippen molar-refractivity contribution in [3.05, 3.63) is 95.0 Å². The number of benzene rings is 3. The maximum atomic E-state index is 14.0. The molecular formula is C35H44ClN5O6S. The van der Waals surface area contributed by atoms with Crippen LogP contribution in [-0.4, -0.2) is 83.3 Å². The first-order valence-corrected chi connectivity index (χ1v) is 17.7. The number of hydrogen-bond acceptors (Lipinski definition) is 7. The van der Waals surface area contributed by atoms with Crippen LogP contribution >= 0.6 is 11.6 Å². The van der Waals surface area contributed by atoms with E-state index < -0.39 is 46.1 Å². The number of aliphatic hydroxyl groups is 1. The van der Waals surface area contributed by atoms with Gasteiger partial charge in [0, 0.05) is 13.1 Å². The predicted molar refractivity (Wildman–Crippen MR) is 185 cm³/mol. The Morgan fingerprint density at radius 3 is 2.12 bits per heavy atom. The van der Waals surface area contributed by atoms with Gasteiger partial charge in [0.1, 0.15) is 12.6 Å². The van der Waals surface area contributed by atoms with E-state index in [1.165, 1.54) is 27.4 Å². The van der Waals surface area contributed by atoms with Crippen LogP contribution in [0.1, 0.15) is 38.8 Å². The standard InChI is InChI=1S/C35H44ClN5O6S/c1-23(2)19-39(48(46,47)27-15-16-28(36)29(37)18-27)21-31(42)30(17-25-11-7-5-8-12-25)38-34(44)33(24(3)4)41-22-32(43)40(35(41)45)20-26-13-9-6-10-14-26/h5-16,18,23-24,30-31,33,42H,17,19-22,37H2,1-4H3,(H,38,44)/t30-,31+,33?/m0/s1. The molecule has 1 unspecified atom stereocenters. The summed E-state index contributed by atoms with van der Waals surface area (Å²) >= 11 is 6.04. The number of nitrogens with one attached hydrogen (secondary N) is 1. The van der Waals surface area contributed by atoms with E-state index >= 15 is 0 Å². The maximum absolute atomic E-state index is 14.0. The van der Waals surface area contributed by atoms with Crippen molar-refractivity contribution in [2.24, 2.45) is 11.8 Å². The molecule has 0 spiro atoms. The Morgan fingerprint density at radius 2 is 1.56 bits per heavy atom. The molecule has 11 nitrogen and oxygen atoms in total. The van der Waals surface area contributed by atoms with Gasteiger partial charge in [-0.25, -0.2) is 13.2 Å². The second-order valence-corrected chi connectivity index (χ2v) is 15.2. The molecule has 3 atom stereocenters. The van der Waals surface area contributed by atoms with Gasteiger partial charge in [-0.05, 0) is 47.6 Å². The third-order valence-corrected chi connectivity index (χ3v) is 10.3. The van der Waals surface area contributed by atoms with Crippen molar-refractivity contribution in [1.82, 2.24) is 19.4 Å². The number of amides is 4. The van der Waals surface area contributed by atoms with E-state index in [0.717, 1.165) is 16.0 Å². The van der Waals surface area contributed by atoms with E-state index in [9.17, 15) is 27.9 Å². The number of nitrogens with zero attached hydrogens (tertiary/aromatic N) is 3. The molecule has 3 aromatic rings.